The van der Waals surface area contributed by atoms with Crippen molar-refractivity contribution < 1.29 is 23.5 Å². The predicted molar refractivity (Wildman–Crippen MR) is 142 cm³/mol. The zero-order chi connectivity index (χ0) is 27.1. The van der Waals surface area contributed by atoms with Gasteiger partial charge >= 0.3 is 5.97 Å². The van der Waals surface area contributed by atoms with Gasteiger partial charge in [-0.2, -0.15) is 0 Å². The van der Waals surface area contributed by atoms with E-state index in [-0.39, 0.29) is 32.3 Å². The Morgan fingerprint density at radius 3 is 2.53 bits per heavy atom. The third kappa shape index (κ3) is 2.83. The van der Waals surface area contributed by atoms with E-state index in [0.29, 0.717) is 23.5 Å². The summed E-state index contributed by atoms with van der Waals surface area (Å²) in [6.07, 6.45) is 0. The van der Waals surface area contributed by atoms with E-state index in [1.807, 2.05) is 20.8 Å². The number of ether oxygens (including phenoxy) is 1. The number of aryl methyl sites for hydroxylation is 3. The highest BCUT2D eigenvalue weighted by molar-refractivity contribution is 7.17. The molecule has 2 amide bonds. The van der Waals surface area contributed by atoms with Gasteiger partial charge in [0.15, 0.2) is 16.1 Å². The Morgan fingerprint density at radius 1 is 1.11 bits per heavy atom. The average Bonchev–Trinajstić information content (AvgIpc) is 3.49. The molecule has 1 atom stereocenters. The summed E-state index contributed by atoms with van der Waals surface area (Å²) in [6.45, 7) is 7.54. The summed E-state index contributed by atoms with van der Waals surface area (Å²) in [4.78, 5) is 62.8. The molecule has 0 N–H and O–H groups in total. The molecule has 38 heavy (non-hydrogen) atoms. The highest BCUT2D eigenvalue weighted by Gasteiger charge is 2.66. The van der Waals surface area contributed by atoms with Gasteiger partial charge in [0, 0.05) is 12.1 Å². The van der Waals surface area contributed by atoms with Crippen molar-refractivity contribution in [1.82, 2.24) is 4.98 Å². The Bertz CT molecular complexity index is 1790. The number of aromatic nitrogens is 1. The summed E-state index contributed by atoms with van der Waals surface area (Å²) >= 11 is 0.930. The van der Waals surface area contributed by atoms with Gasteiger partial charge in [0.2, 0.25) is 5.76 Å². The fourth-order valence-corrected chi connectivity index (χ4v) is 6.53. The lowest BCUT2D eigenvalue weighted by Gasteiger charge is -2.32. The van der Waals surface area contributed by atoms with Crippen LogP contribution in [0.4, 0.5) is 10.8 Å². The van der Waals surface area contributed by atoms with Gasteiger partial charge in [0.05, 0.1) is 29.4 Å². The Balaban J connectivity index is 1.76. The summed E-state index contributed by atoms with van der Waals surface area (Å²) in [7, 11) is 1.26. The minimum absolute atomic E-state index is 0.0425. The first-order chi connectivity index (χ1) is 18.2. The van der Waals surface area contributed by atoms with E-state index in [9.17, 15) is 19.2 Å². The molecular formula is C28H23N3O6S. The summed E-state index contributed by atoms with van der Waals surface area (Å²) < 4.78 is 11.0. The van der Waals surface area contributed by atoms with E-state index in [4.69, 9.17) is 9.15 Å². The molecule has 192 valence electrons. The Hall–Kier alpha value is -4.31. The maximum absolute atomic E-state index is 14.4. The molecular weight excluding hydrogens is 506 g/mol. The number of carbonyl (C=O) groups excluding carboxylic acids is 3. The van der Waals surface area contributed by atoms with Gasteiger partial charge in [-0.1, -0.05) is 29.5 Å². The normalized spacial score (nSPS) is 18.0. The van der Waals surface area contributed by atoms with Crippen molar-refractivity contribution in [2.75, 3.05) is 23.5 Å². The van der Waals surface area contributed by atoms with Crippen LogP contribution in [0.3, 0.4) is 0 Å². The quantitative estimate of drug-likeness (QED) is 0.365. The van der Waals surface area contributed by atoms with E-state index < -0.39 is 28.8 Å². The molecule has 0 aliphatic carbocycles. The monoisotopic (exact) mass is 529 g/mol. The van der Waals surface area contributed by atoms with Gasteiger partial charge in [-0.25, -0.2) is 9.78 Å². The number of para-hydroxylation sites is 1. The highest BCUT2D eigenvalue weighted by Crippen LogP contribution is 2.54. The van der Waals surface area contributed by atoms with Gasteiger partial charge in [-0.15, -0.1) is 0 Å². The number of carbonyl (C=O) groups is 3. The molecule has 4 heterocycles. The SMILES string of the molecule is CCN1C(=O)C2(c3ccccc31)c1c(oc3cc(C)c(C)cc3c1=O)C(=O)N2c1nc(C)c(C(=O)OC)s1. The molecule has 2 aliphatic heterocycles. The zero-order valence-electron chi connectivity index (χ0n) is 21.4. The molecule has 6 rings (SSSR count). The second kappa shape index (κ2) is 8.09. The predicted octanol–water partition coefficient (Wildman–Crippen LogP) is 4.23. The molecule has 1 unspecified atom stereocenters. The molecule has 10 heteroatoms. The number of amides is 2. The van der Waals surface area contributed by atoms with Crippen molar-refractivity contribution in [3.05, 3.63) is 85.2 Å². The fraction of sp³-hybridized carbons (Fsp3) is 0.250. The number of anilines is 2. The van der Waals surface area contributed by atoms with E-state index >= 15 is 0 Å². The van der Waals surface area contributed by atoms with Crippen LogP contribution in [0.2, 0.25) is 0 Å². The average molecular weight is 530 g/mol. The third-order valence-corrected chi connectivity index (χ3v) is 8.53. The first kappa shape index (κ1) is 24.1. The van der Waals surface area contributed by atoms with Crippen LogP contribution in [0.15, 0.2) is 45.6 Å². The maximum Gasteiger partial charge on any atom is 0.350 e. The summed E-state index contributed by atoms with van der Waals surface area (Å²) in [5.74, 6) is -1.96. The minimum Gasteiger partial charge on any atom is -0.465 e. The van der Waals surface area contributed by atoms with Gasteiger partial charge in [0.1, 0.15) is 10.5 Å². The van der Waals surface area contributed by atoms with Crippen molar-refractivity contribution in [1.29, 1.82) is 0 Å². The molecule has 0 radical (unpaired) electrons. The molecule has 9 nitrogen and oxygen atoms in total. The fourth-order valence-electron chi connectivity index (χ4n) is 5.49. The molecule has 0 saturated heterocycles. The number of nitrogens with zero attached hydrogens (tertiary/aromatic N) is 3. The summed E-state index contributed by atoms with van der Waals surface area (Å²) in [6, 6.07) is 10.5. The van der Waals surface area contributed by atoms with Crippen LogP contribution in [0.5, 0.6) is 0 Å². The standard InChI is InChI=1S/C28H23N3O6S/c1-6-30-18-10-8-7-9-17(18)28(26(30)35)20-21(32)16-11-13(2)14(3)12-19(16)37-22(20)24(33)31(28)27-29-15(4)23(38-27)25(34)36-5/h7-12H,6H2,1-5H3. The van der Waals surface area contributed by atoms with Crippen LogP contribution in [-0.2, 0) is 15.1 Å². The molecule has 1 spiro atoms. The molecule has 2 aromatic carbocycles. The van der Waals surface area contributed by atoms with E-state index in [1.165, 1.54) is 12.0 Å². The van der Waals surface area contributed by atoms with Crippen LogP contribution in [0, 0.1) is 20.8 Å². The lowest BCUT2D eigenvalue weighted by Crippen LogP contribution is -2.53. The van der Waals surface area contributed by atoms with Crippen LogP contribution in [-0.4, -0.2) is 36.4 Å². The first-order valence-corrected chi connectivity index (χ1v) is 12.9. The molecule has 0 bridgehead atoms. The van der Waals surface area contributed by atoms with Crippen LogP contribution in [0.25, 0.3) is 11.0 Å². The summed E-state index contributed by atoms with van der Waals surface area (Å²) in [5.41, 5.74) is 1.11. The number of likely N-dealkylation sites (N-methyl/N-ethyl adjacent to an activating group) is 1. The molecule has 0 fully saturated rings. The number of fused-ring (bicyclic) bond motifs is 5. The van der Waals surface area contributed by atoms with Crippen LogP contribution >= 0.6 is 11.3 Å². The van der Waals surface area contributed by atoms with Crippen LogP contribution in [0.1, 0.15) is 55.1 Å². The second-order valence-electron chi connectivity index (χ2n) is 9.39. The largest absolute Gasteiger partial charge is 0.465 e. The topological polar surface area (TPSA) is 110 Å². The van der Waals surface area contributed by atoms with Gasteiger partial charge in [-0.05, 0) is 57.0 Å². The van der Waals surface area contributed by atoms with Crippen molar-refractivity contribution in [3.63, 3.8) is 0 Å². The van der Waals surface area contributed by atoms with Crippen LogP contribution < -0.4 is 15.2 Å². The number of methoxy groups -OCH3 is 1. The Kier molecular flexibility index (Phi) is 5.12. The number of benzene rings is 2. The maximum atomic E-state index is 14.4. The highest BCUT2D eigenvalue weighted by atomic mass is 32.1. The minimum atomic E-state index is -1.84. The number of thiazole rings is 1. The first-order valence-electron chi connectivity index (χ1n) is 12.1. The lowest BCUT2D eigenvalue weighted by atomic mass is 9.84. The Morgan fingerprint density at radius 2 is 1.82 bits per heavy atom. The molecule has 0 saturated carbocycles. The van der Waals surface area contributed by atoms with E-state index in [1.54, 1.807) is 48.2 Å². The molecule has 2 aromatic heterocycles. The molecule has 4 aromatic rings. The number of hydrogen-bond acceptors (Lipinski definition) is 8. The van der Waals surface area contributed by atoms with Gasteiger partial charge in [0.25, 0.3) is 11.8 Å². The summed E-state index contributed by atoms with van der Waals surface area (Å²) in [5, 5.41) is 0.378. The number of esters is 1. The Labute approximate surface area is 221 Å². The lowest BCUT2D eigenvalue weighted by molar-refractivity contribution is -0.121. The van der Waals surface area contributed by atoms with Gasteiger partial charge < -0.3 is 14.1 Å². The second-order valence-corrected chi connectivity index (χ2v) is 10.4. The van der Waals surface area contributed by atoms with Crippen molar-refractivity contribution in [2.24, 2.45) is 0 Å². The van der Waals surface area contributed by atoms with Crippen molar-refractivity contribution >= 4 is 50.9 Å². The number of rotatable bonds is 3. The molecule has 2 aliphatic rings. The van der Waals surface area contributed by atoms with E-state index in [2.05, 4.69) is 4.98 Å². The van der Waals surface area contributed by atoms with Crippen molar-refractivity contribution in [2.45, 2.75) is 33.2 Å². The third-order valence-electron chi connectivity index (χ3n) is 7.40. The van der Waals surface area contributed by atoms with Crippen molar-refractivity contribution in [3.8, 4) is 0 Å². The number of hydrogen-bond donors (Lipinski definition) is 0. The smallest absolute Gasteiger partial charge is 0.350 e. The van der Waals surface area contributed by atoms with Gasteiger partial charge in [-0.3, -0.25) is 19.3 Å². The zero-order valence-corrected chi connectivity index (χ0v) is 22.2. The van der Waals surface area contributed by atoms with E-state index in [0.717, 1.165) is 22.5 Å².